The van der Waals surface area contributed by atoms with Gasteiger partial charge in [-0.3, -0.25) is 9.59 Å². The standard InChI is InChI=1S/C11H16N2O4/c12-5-6-13-10(14)7-17-9-3-1-8(2-4-9)11(15)16/h8-9H,1-4,6-7H2,(H,13,14)(H,15,16). The van der Waals surface area contributed by atoms with Crippen LogP contribution in [-0.4, -0.2) is 36.2 Å². The second kappa shape index (κ2) is 6.86. The SMILES string of the molecule is N#CCNC(=O)COC1CCC(C(=O)O)CC1. The number of rotatable bonds is 5. The number of ether oxygens (including phenoxy) is 1. The molecule has 1 saturated carbocycles. The van der Waals surface area contributed by atoms with Crippen LogP contribution < -0.4 is 5.32 Å². The van der Waals surface area contributed by atoms with Gasteiger partial charge >= 0.3 is 5.97 Å². The van der Waals surface area contributed by atoms with Crippen LogP contribution in [0.25, 0.3) is 0 Å². The molecule has 0 radical (unpaired) electrons. The molecule has 0 saturated heterocycles. The quantitative estimate of drug-likeness (QED) is 0.673. The molecule has 0 bridgehead atoms. The van der Waals surface area contributed by atoms with Crippen LogP contribution in [0.15, 0.2) is 0 Å². The minimum Gasteiger partial charge on any atom is -0.481 e. The first-order chi connectivity index (χ1) is 8.13. The second-order valence-electron chi connectivity index (χ2n) is 4.06. The Morgan fingerprint density at radius 3 is 2.53 bits per heavy atom. The molecule has 2 N–H and O–H groups in total. The molecule has 1 fully saturated rings. The Morgan fingerprint density at radius 1 is 1.35 bits per heavy atom. The van der Waals surface area contributed by atoms with Crippen molar-refractivity contribution in [1.29, 1.82) is 5.26 Å². The molecule has 6 heteroatoms. The van der Waals surface area contributed by atoms with Crippen LogP contribution in [-0.2, 0) is 14.3 Å². The molecule has 6 nitrogen and oxygen atoms in total. The third kappa shape index (κ3) is 4.83. The van der Waals surface area contributed by atoms with Gasteiger partial charge in [0.15, 0.2) is 0 Å². The summed E-state index contributed by atoms with van der Waals surface area (Å²) < 4.78 is 5.36. The number of carboxylic acids is 1. The van der Waals surface area contributed by atoms with E-state index in [1.54, 1.807) is 6.07 Å². The van der Waals surface area contributed by atoms with Crippen LogP contribution in [0.5, 0.6) is 0 Å². The number of nitrogens with one attached hydrogen (secondary N) is 1. The number of carbonyl (C=O) groups excluding carboxylic acids is 1. The largest absolute Gasteiger partial charge is 0.481 e. The Kier molecular flexibility index (Phi) is 5.43. The molecule has 0 aromatic carbocycles. The topological polar surface area (TPSA) is 99.4 Å². The molecule has 0 spiro atoms. The van der Waals surface area contributed by atoms with E-state index < -0.39 is 5.97 Å². The fourth-order valence-corrected chi connectivity index (χ4v) is 1.86. The van der Waals surface area contributed by atoms with E-state index in [2.05, 4.69) is 5.32 Å². The number of nitrogens with zero attached hydrogens (tertiary/aromatic N) is 1. The molecule has 1 amide bonds. The molecule has 0 heterocycles. The fourth-order valence-electron chi connectivity index (χ4n) is 1.86. The van der Waals surface area contributed by atoms with Crippen LogP contribution in [0, 0.1) is 17.2 Å². The number of nitriles is 1. The van der Waals surface area contributed by atoms with Crippen LogP contribution in [0.4, 0.5) is 0 Å². The van der Waals surface area contributed by atoms with Gasteiger partial charge in [-0.15, -0.1) is 0 Å². The van der Waals surface area contributed by atoms with E-state index in [0.29, 0.717) is 25.7 Å². The lowest BCUT2D eigenvalue weighted by Crippen LogP contribution is -2.32. The maximum atomic E-state index is 11.1. The van der Waals surface area contributed by atoms with Gasteiger partial charge in [-0.05, 0) is 25.7 Å². The van der Waals surface area contributed by atoms with Crippen molar-refractivity contribution in [2.45, 2.75) is 31.8 Å². The van der Waals surface area contributed by atoms with Gasteiger partial charge in [-0.25, -0.2) is 0 Å². The molecular weight excluding hydrogens is 224 g/mol. The van der Waals surface area contributed by atoms with E-state index in [-0.39, 0.29) is 31.1 Å². The first-order valence-corrected chi connectivity index (χ1v) is 5.61. The van der Waals surface area contributed by atoms with Crippen molar-refractivity contribution >= 4 is 11.9 Å². The number of carbonyl (C=O) groups is 2. The van der Waals surface area contributed by atoms with E-state index in [4.69, 9.17) is 15.1 Å². The average Bonchev–Trinajstić information content (AvgIpc) is 2.34. The van der Waals surface area contributed by atoms with Gasteiger partial charge < -0.3 is 15.2 Å². The second-order valence-corrected chi connectivity index (χ2v) is 4.06. The van der Waals surface area contributed by atoms with Gasteiger partial charge in [0.1, 0.15) is 13.2 Å². The summed E-state index contributed by atoms with van der Waals surface area (Å²) in [7, 11) is 0. The number of aliphatic carboxylic acids is 1. The van der Waals surface area contributed by atoms with E-state index in [0.717, 1.165) is 0 Å². The van der Waals surface area contributed by atoms with Crippen molar-refractivity contribution < 1.29 is 19.4 Å². The molecule has 1 aliphatic rings. The lowest BCUT2D eigenvalue weighted by molar-refractivity contribution is -0.144. The first kappa shape index (κ1) is 13.5. The number of hydrogen-bond acceptors (Lipinski definition) is 4. The van der Waals surface area contributed by atoms with Gasteiger partial charge in [0.2, 0.25) is 5.91 Å². The molecule has 1 aliphatic carbocycles. The molecular formula is C11H16N2O4. The number of hydrogen-bond donors (Lipinski definition) is 2. The molecule has 0 aliphatic heterocycles. The van der Waals surface area contributed by atoms with Crippen LogP contribution in [0.3, 0.4) is 0 Å². The zero-order valence-electron chi connectivity index (χ0n) is 9.52. The molecule has 17 heavy (non-hydrogen) atoms. The van der Waals surface area contributed by atoms with Crippen LogP contribution in [0.2, 0.25) is 0 Å². The highest BCUT2D eigenvalue weighted by atomic mass is 16.5. The highest BCUT2D eigenvalue weighted by molar-refractivity contribution is 5.77. The third-order valence-corrected chi connectivity index (χ3v) is 2.84. The van der Waals surface area contributed by atoms with Gasteiger partial charge in [0.05, 0.1) is 18.1 Å². The summed E-state index contributed by atoms with van der Waals surface area (Å²) in [6.45, 7) is -0.0853. The Morgan fingerprint density at radius 2 is 2.00 bits per heavy atom. The van der Waals surface area contributed by atoms with Crippen molar-refractivity contribution in [3.8, 4) is 6.07 Å². The lowest BCUT2D eigenvalue weighted by atomic mass is 9.87. The summed E-state index contributed by atoms with van der Waals surface area (Å²) in [6, 6.07) is 1.80. The zero-order valence-corrected chi connectivity index (χ0v) is 9.52. The molecule has 0 aromatic rings. The average molecular weight is 240 g/mol. The molecule has 0 atom stereocenters. The van der Waals surface area contributed by atoms with Crippen molar-refractivity contribution in [2.24, 2.45) is 5.92 Å². The Bertz CT molecular complexity index is 316. The summed E-state index contributed by atoms with van der Waals surface area (Å²) in [4.78, 5) is 21.8. The third-order valence-electron chi connectivity index (χ3n) is 2.84. The van der Waals surface area contributed by atoms with E-state index in [9.17, 15) is 9.59 Å². The monoisotopic (exact) mass is 240 g/mol. The maximum Gasteiger partial charge on any atom is 0.306 e. The number of carboxylic acid groups (broad SMARTS) is 1. The van der Waals surface area contributed by atoms with Crippen molar-refractivity contribution in [2.75, 3.05) is 13.2 Å². The summed E-state index contributed by atoms with van der Waals surface area (Å²) in [5, 5.41) is 19.4. The van der Waals surface area contributed by atoms with Gasteiger partial charge in [0.25, 0.3) is 0 Å². The van der Waals surface area contributed by atoms with Crippen LogP contribution >= 0.6 is 0 Å². The van der Waals surface area contributed by atoms with Crippen LogP contribution in [0.1, 0.15) is 25.7 Å². The summed E-state index contributed by atoms with van der Waals surface area (Å²) in [5.41, 5.74) is 0. The predicted molar refractivity (Wildman–Crippen MR) is 58.0 cm³/mol. The minimum absolute atomic E-state index is 0.0199. The molecule has 1 rings (SSSR count). The molecule has 0 unspecified atom stereocenters. The summed E-state index contributed by atoms with van der Waals surface area (Å²) in [5.74, 6) is -1.34. The molecule has 0 aromatic heterocycles. The first-order valence-electron chi connectivity index (χ1n) is 5.61. The van der Waals surface area contributed by atoms with Gasteiger partial charge in [-0.2, -0.15) is 5.26 Å². The predicted octanol–water partition coefficient (Wildman–Crippen LogP) is 0.286. The summed E-state index contributed by atoms with van der Waals surface area (Å²) in [6.07, 6.45) is 2.49. The van der Waals surface area contributed by atoms with Crippen molar-refractivity contribution in [3.05, 3.63) is 0 Å². The van der Waals surface area contributed by atoms with Gasteiger partial charge in [0, 0.05) is 0 Å². The highest BCUT2D eigenvalue weighted by Crippen LogP contribution is 2.26. The Balaban J connectivity index is 2.16. The van der Waals surface area contributed by atoms with E-state index in [1.165, 1.54) is 0 Å². The zero-order chi connectivity index (χ0) is 12.7. The lowest BCUT2D eigenvalue weighted by Gasteiger charge is -2.25. The Hall–Kier alpha value is -1.61. The normalized spacial score (nSPS) is 23.7. The van der Waals surface area contributed by atoms with Crippen molar-refractivity contribution in [1.82, 2.24) is 5.32 Å². The minimum atomic E-state index is -0.754. The van der Waals surface area contributed by atoms with Crippen molar-refractivity contribution in [3.63, 3.8) is 0 Å². The number of amides is 1. The summed E-state index contributed by atoms with van der Waals surface area (Å²) >= 11 is 0. The van der Waals surface area contributed by atoms with E-state index >= 15 is 0 Å². The van der Waals surface area contributed by atoms with E-state index in [1.807, 2.05) is 0 Å². The van der Waals surface area contributed by atoms with Gasteiger partial charge in [-0.1, -0.05) is 0 Å². The smallest absolute Gasteiger partial charge is 0.306 e. The maximum absolute atomic E-state index is 11.1. The highest BCUT2D eigenvalue weighted by Gasteiger charge is 2.26. The fraction of sp³-hybridized carbons (Fsp3) is 0.727. The Labute approximate surface area is 99.6 Å². The molecule has 94 valence electrons.